The van der Waals surface area contributed by atoms with Crippen molar-refractivity contribution in [2.24, 2.45) is 0 Å². The molecule has 0 bridgehead atoms. The molecule has 1 heterocycles. The number of anilines is 2. The highest BCUT2D eigenvalue weighted by atomic mass is 15.5. The van der Waals surface area contributed by atoms with Gasteiger partial charge in [-0.15, -0.1) is 0 Å². The molecule has 2 aliphatic rings. The summed E-state index contributed by atoms with van der Waals surface area (Å²) in [5.74, 6) is 0. The van der Waals surface area contributed by atoms with Crippen LogP contribution in [0.1, 0.15) is 46.2 Å². The third-order valence-electron chi connectivity index (χ3n) is 6.06. The van der Waals surface area contributed by atoms with Crippen LogP contribution in [0.3, 0.4) is 0 Å². The van der Waals surface area contributed by atoms with Gasteiger partial charge in [0.15, 0.2) is 0 Å². The largest absolute Gasteiger partial charge is 0.346 e. The summed E-state index contributed by atoms with van der Waals surface area (Å²) in [5.41, 5.74) is 11.5. The number of nitrogens with zero attached hydrogens (tertiary/aromatic N) is 2. The highest BCUT2D eigenvalue weighted by molar-refractivity contribution is 5.71. The summed E-state index contributed by atoms with van der Waals surface area (Å²) in [6.45, 7) is 15.7. The van der Waals surface area contributed by atoms with Gasteiger partial charge < -0.3 is 9.80 Å². The van der Waals surface area contributed by atoms with Crippen molar-refractivity contribution in [1.29, 1.82) is 0 Å². The molecule has 25 heavy (non-hydrogen) atoms. The highest BCUT2D eigenvalue weighted by Crippen LogP contribution is 2.53. The van der Waals surface area contributed by atoms with Crippen molar-refractivity contribution < 1.29 is 0 Å². The van der Waals surface area contributed by atoms with E-state index in [4.69, 9.17) is 0 Å². The Morgan fingerprint density at radius 3 is 1.20 bits per heavy atom. The van der Waals surface area contributed by atoms with Crippen molar-refractivity contribution in [2.75, 3.05) is 22.9 Å². The van der Waals surface area contributed by atoms with Crippen LogP contribution in [0.4, 0.5) is 11.4 Å². The Balaban J connectivity index is 1.78. The summed E-state index contributed by atoms with van der Waals surface area (Å²) in [5, 5.41) is 0. The van der Waals surface area contributed by atoms with E-state index in [0.29, 0.717) is 0 Å². The molecule has 0 atom stereocenters. The Labute approximate surface area is 152 Å². The van der Waals surface area contributed by atoms with Crippen molar-refractivity contribution in [3.8, 4) is 0 Å². The predicted molar refractivity (Wildman–Crippen MR) is 108 cm³/mol. The molecule has 0 aromatic heterocycles. The minimum atomic E-state index is 0.204. The lowest BCUT2D eigenvalue weighted by atomic mass is 10.0. The molecule has 2 aromatic carbocycles. The second-order valence-corrected chi connectivity index (χ2v) is 8.28. The normalized spacial score (nSPS) is 18.3. The maximum absolute atomic E-state index is 2.70. The molecule has 132 valence electrons. The van der Waals surface area contributed by atoms with Gasteiger partial charge in [-0.05, 0) is 76.6 Å². The lowest BCUT2D eigenvalue weighted by Gasteiger charge is -2.36. The Morgan fingerprint density at radius 1 is 0.600 bits per heavy atom. The van der Waals surface area contributed by atoms with E-state index in [9.17, 15) is 0 Å². The van der Waals surface area contributed by atoms with Crippen molar-refractivity contribution in [3.63, 3.8) is 0 Å². The highest BCUT2D eigenvalue weighted by Gasteiger charge is 2.57. The molecule has 2 nitrogen and oxygen atoms in total. The van der Waals surface area contributed by atoms with Gasteiger partial charge in [-0.3, -0.25) is 0 Å². The Bertz CT molecular complexity index is 732. The molecule has 0 N–H and O–H groups in total. The standard InChI is InChI=1S/C23H30N2/c1-15-11-17(3)21(18(4)12-15)24-9-10-25(23(24)7-8-23)22-19(5)13-16(2)14-20(22)6/h11-14H,7-10H2,1-6H3. The number of hydrogen-bond donors (Lipinski definition) is 0. The summed E-state index contributed by atoms with van der Waals surface area (Å²) in [4.78, 5) is 5.41. The van der Waals surface area contributed by atoms with Crippen molar-refractivity contribution in [1.82, 2.24) is 0 Å². The summed E-state index contributed by atoms with van der Waals surface area (Å²) in [6, 6.07) is 9.35. The van der Waals surface area contributed by atoms with Gasteiger partial charge in [0.25, 0.3) is 0 Å². The predicted octanol–water partition coefficient (Wildman–Crippen LogP) is 5.35. The van der Waals surface area contributed by atoms with Gasteiger partial charge in [0.1, 0.15) is 5.66 Å². The Hall–Kier alpha value is -1.96. The zero-order valence-electron chi connectivity index (χ0n) is 16.5. The minimum Gasteiger partial charge on any atom is -0.346 e. The molecule has 2 heteroatoms. The van der Waals surface area contributed by atoms with Crippen molar-refractivity contribution in [3.05, 3.63) is 57.6 Å². The van der Waals surface area contributed by atoms with Crippen LogP contribution in [0.5, 0.6) is 0 Å². The number of aryl methyl sites for hydroxylation is 6. The van der Waals surface area contributed by atoms with E-state index in [2.05, 4.69) is 75.6 Å². The van der Waals surface area contributed by atoms with Crippen LogP contribution in [-0.4, -0.2) is 18.8 Å². The van der Waals surface area contributed by atoms with Crippen LogP contribution < -0.4 is 9.80 Å². The average molecular weight is 335 g/mol. The van der Waals surface area contributed by atoms with Crippen molar-refractivity contribution in [2.45, 2.75) is 60.0 Å². The lowest BCUT2D eigenvalue weighted by molar-refractivity contribution is 0.664. The van der Waals surface area contributed by atoms with Gasteiger partial charge in [0, 0.05) is 24.5 Å². The average Bonchev–Trinajstić information content (AvgIpc) is 3.19. The molecule has 1 aliphatic heterocycles. The van der Waals surface area contributed by atoms with E-state index < -0.39 is 0 Å². The Morgan fingerprint density at radius 2 is 0.920 bits per heavy atom. The van der Waals surface area contributed by atoms with E-state index in [-0.39, 0.29) is 5.66 Å². The van der Waals surface area contributed by atoms with E-state index in [1.54, 1.807) is 0 Å². The van der Waals surface area contributed by atoms with Crippen molar-refractivity contribution >= 4 is 11.4 Å². The van der Waals surface area contributed by atoms with Gasteiger partial charge in [-0.2, -0.15) is 0 Å². The second-order valence-electron chi connectivity index (χ2n) is 8.28. The van der Waals surface area contributed by atoms with Gasteiger partial charge >= 0.3 is 0 Å². The van der Waals surface area contributed by atoms with Crippen LogP contribution >= 0.6 is 0 Å². The summed E-state index contributed by atoms with van der Waals surface area (Å²) in [6.07, 6.45) is 2.54. The number of benzene rings is 2. The molecule has 1 saturated heterocycles. The third kappa shape index (κ3) is 2.46. The first kappa shape index (κ1) is 16.5. The molecule has 1 saturated carbocycles. The maximum atomic E-state index is 2.70. The van der Waals surface area contributed by atoms with E-state index in [1.165, 1.54) is 57.6 Å². The number of rotatable bonds is 2. The zero-order valence-corrected chi connectivity index (χ0v) is 16.5. The molecule has 0 unspecified atom stereocenters. The van der Waals surface area contributed by atoms with E-state index in [1.807, 2.05) is 0 Å². The van der Waals surface area contributed by atoms with Gasteiger partial charge in [0.2, 0.25) is 0 Å². The van der Waals surface area contributed by atoms with Gasteiger partial charge in [-0.1, -0.05) is 35.4 Å². The molecular weight excluding hydrogens is 304 g/mol. The Kier molecular flexibility index (Phi) is 3.64. The topological polar surface area (TPSA) is 6.48 Å². The summed E-state index contributed by atoms with van der Waals surface area (Å²) < 4.78 is 0. The molecule has 2 fully saturated rings. The van der Waals surface area contributed by atoms with Crippen LogP contribution in [0.15, 0.2) is 24.3 Å². The maximum Gasteiger partial charge on any atom is 0.113 e. The first-order valence-corrected chi connectivity index (χ1v) is 9.54. The summed E-state index contributed by atoms with van der Waals surface area (Å²) in [7, 11) is 0. The van der Waals surface area contributed by atoms with Crippen LogP contribution in [0, 0.1) is 41.5 Å². The minimum absolute atomic E-state index is 0.204. The molecule has 1 spiro atoms. The van der Waals surface area contributed by atoms with E-state index >= 15 is 0 Å². The number of hydrogen-bond acceptors (Lipinski definition) is 2. The van der Waals surface area contributed by atoms with Crippen LogP contribution in [0.2, 0.25) is 0 Å². The van der Waals surface area contributed by atoms with Crippen LogP contribution in [-0.2, 0) is 0 Å². The molecule has 0 radical (unpaired) electrons. The molecule has 4 rings (SSSR count). The summed E-state index contributed by atoms with van der Waals surface area (Å²) >= 11 is 0. The fraction of sp³-hybridized carbons (Fsp3) is 0.478. The van der Waals surface area contributed by atoms with Crippen LogP contribution in [0.25, 0.3) is 0 Å². The van der Waals surface area contributed by atoms with Gasteiger partial charge in [0.05, 0.1) is 0 Å². The van der Waals surface area contributed by atoms with E-state index in [0.717, 1.165) is 13.1 Å². The monoisotopic (exact) mass is 334 g/mol. The second kappa shape index (κ2) is 5.52. The smallest absolute Gasteiger partial charge is 0.113 e. The SMILES string of the molecule is Cc1cc(C)c(N2CCN(c3c(C)cc(C)cc3C)C23CC3)c(C)c1. The quantitative estimate of drug-likeness (QED) is 0.730. The fourth-order valence-electron chi connectivity index (χ4n) is 5.25. The van der Waals surface area contributed by atoms with Gasteiger partial charge in [-0.25, -0.2) is 0 Å². The third-order valence-corrected chi connectivity index (χ3v) is 6.06. The molecule has 1 aliphatic carbocycles. The molecular formula is C23H30N2. The fourth-order valence-corrected chi connectivity index (χ4v) is 5.25. The zero-order chi connectivity index (χ0) is 17.9. The molecule has 2 aromatic rings. The first-order chi connectivity index (χ1) is 11.8. The lowest BCUT2D eigenvalue weighted by Crippen LogP contribution is -2.42. The first-order valence-electron chi connectivity index (χ1n) is 9.54. The molecule has 0 amide bonds.